The van der Waals surface area contributed by atoms with E-state index in [-0.39, 0.29) is 11.4 Å². The van der Waals surface area contributed by atoms with Crippen LogP contribution in [-0.2, 0) is 19.3 Å². The summed E-state index contributed by atoms with van der Waals surface area (Å²) in [4.78, 5) is 17.1. The zero-order chi connectivity index (χ0) is 15.7. The van der Waals surface area contributed by atoms with Crippen LogP contribution in [0.2, 0.25) is 0 Å². The van der Waals surface area contributed by atoms with E-state index in [0.29, 0.717) is 5.65 Å². The van der Waals surface area contributed by atoms with E-state index in [2.05, 4.69) is 33.2 Å². The lowest BCUT2D eigenvalue weighted by atomic mass is 10.1. The smallest absolute Gasteiger partial charge is 0.261 e. The second-order valence-electron chi connectivity index (χ2n) is 5.07. The number of pyridine rings is 1. The molecule has 3 aromatic heterocycles. The molecule has 4 nitrogen and oxygen atoms in total. The van der Waals surface area contributed by atoms with Gasteiger partial charge < -0.3 is 5.11 Å². The Morgan fingerprint density at radius 3 is 2.91 bits per heavy atom. The van der Waals surface area contributed by atoms with Gasteiger partial charge in [0.25, 0.3) is 5.56 Å². The zero-order valence-corrected chi connectivity index (χ0v) is 14.4. The monoisotopic (exact) mass is 378 g/mol. The third kappa shape index (κ3) is 2.94. The predicted molar refractivity (Wildman–Crippen MR) is 91.9 cm³/mol. The number of hydrogen-bond donors (Lipinski definition) is 1. The molecule has 0 saturated heterocycles. The van der Waals surface area contributed by atoms with Gasteiger partial charge in [-0.25, -0.2) is 0 Å². The molecule has 0 fully saturated rings. The Bertz CT molecular complexity index is 885. The minimum Gasteiger partial charge on any atom is -0.493 e. The molecule has 0 unspecified atom stereocenters. The Labute approximate surface area is 140 Å². The van der Waals surface area contributed by atoms with Crippen LogP contribution in [-0.4, -0.2) is 14.5 Å². The van der Waals surface area contributed by atoms with Gasteiger partial charge in [-0.15, -0.1) is 11.3 Å². The van der Waals surface area contributed by atoms with Gasteiger partial charge in [0.15, 0.2) is 0 Å². The van der Waals surface area contributed by atoms with Gasteiger partial charge in [-0.05, 0) is 63.8 Å². The summed E-state index contributed by atoms with van der Waals surface area (Å²) in [6.07, 6.45) is 4.54. The summed E-state index contributed by atoms with van der Waals surface area (Å²) in [5.41, 5.74) is 2.64. The second-order valence-corrected chi connectivity index (χ2v) is 6.82. The summed E-state index contributed by atoms with van der Waals surface area (Å²) in [7, 11) is 0. The first-order valence-corrected chi connectivity index (χ1v) is 8.71. The van der Waals surface area contributed by atoms with E-state index in [0.717, 1.165) is 30.9 Å². The summed E-state index contributed by atoms with van der Waals surface area (Å²) < 4.78 is 2.65. The van der Waals surface area contributed by atoms with Crippen LogP contribution >= 0.6 is 27.3 Å². The number of aromatic hydroxyl groups is 1. The first-order valence-electron chi connectivity index (χ1n) is 7.04. The molecule has 0 aliphatic heterocycles. The van der Waals surface area contributed by atoms with E-state index in [1.54, 1.807) is 17.5 Å². The molecule has 0 atom stereocenters. The minimum absolute atomic E-state index is 0.240. The Kier molecular flexibility index (Phi) is 4.31. The summed E-state index contributed by atoms with van der Waals surface area (Å²) in [5.74, 6) is -0.240. The molecule has 0 aromatic carbocycles. The van der Waals surface area contributed by atoms with Gasteiger partial charge in [0, 0.05) is 15.5 Å². The topological polar surface area (TPSA) is 54.6 Å². The normalized spacial score (nSPS) is 11.2. The van der Waals surface area contributed by atoms with Gasteiger partial charge in [0.1, 0.15) is 5.65 Å². The maximum atomic E-state index is 11.7. The van der Waals surface area contributed by atoms with Crippen molar-refractivity contribution in [1.82, 2.24) is 9.38 Å². The van der Waals surface area contributed by atoms with Crippen molar-refractivity contribution >= 4 is 32.9 Å². The molecule has 0 amide bonds. The van der Waals surface area contributed by atoms with Crippen molar-refractivity contribution in [3.8, 4) is 5.88 Å². The summed E-state index contributed by atoms with van der Waals surface area (Å²) in [6, 6.07) is 4.89. The molecule has 22 heavy (non-hydrogen) atoms. The van der Waals surface area contributed by atoms with E-state index >= 15 is 0 Å². The standard InChI is InChI=1S/C16H15BrN2O2S/c1-2-11-9-22-12(16(11)17)4-3-10-5-6-19-13(7-10)18-14(20)8-15(19)21/h5-9,20H,2-4H2,1H3. The number of hydrogen-bond acceptors (Lipinski definition) is 4. The van der Waals surface area contributed by atoms with Crippen molar-refractivity contribution < 1.29 is 5.11 Å². The fourth-order valence-electron chi connectivity index (χ4n) is 2.38. The minimum atomic E-state index is -0.275. The van der Waals surface area contributed by atoms with Crippen LogP contribution in [0.4, 0.5) is 0 Å². The van der Waals surface area contributed by atoms with Crippen molar-refractivity contribution in [3.05, 3.63) is 60.6 Å². The van der Waals surface area contributed by atoms with Crippen LogP contribution in [0.25, 0.3) is 5.65 Å². The van der Waals surface area contributed by atoms with Crippen LogP contribution in [0.1, 0.15) is 22.9 Å². The molecule has 3 heterocycles. The molecule has 3 aromatic rings. The van der Waals surface area contributed by atoms with E-state index < -0.39 is 0 Å². The van der Waals surface area contributed by atoms with E-state index in [9.17, 15) is 9.90 Å². The molecule has 0 aliphatic carbocycles. The van der Waals surface area contributed by atoms with E-state index in [4.69, 9.17) is 0 Å². The quantitative estimate of drug-likeness (QED) is 0.754. The third-order valence-corrected chi connectivity index (χ3v) is 5.96. The average Bonchev–Trinajstić information content (AvgIpc) is 2.84. The van der Waals surface area contributed by atoms with Gasteiger partial charge in [-0.2, -0.15) is 4.98 Å². The predicted octanol–water partition coefficient (Wildman–Crippen LogP) is 3.57. The van der Waals surface area contributed by atoms with Gasteiger partial charge in [-0.3, -0.25) is 9.20 Å². The van der Waals surface area contributed by atoms with Crippen LogP contribution in [0.3, 0.4) is 0 Å². The maximum absolute atomic E-state index is 11.7. The fraction of sp³-hybridized carbons (Fsp3) is 0.250. The second kappa shape index (κ2) is 6.22. The van der Waals surface area contributed by atoms with E-state index in [1.807, 2.05) is 12.1 Å². The Morgan fingerprint density at radius 1 is 1.36 bits per heavy atom. The van der Waals surface area contributed by atoms with Crippen molar-refractivity contribution in [1.29, 1.82) is 0 Å². The summed E-state index contributed by atoms with van der Waals surface area (Å²) in [6.45, 7) is 2.15. The highest BCUT2D eigenvalue weighted by molar-refractivity contribution is 9.10. The maximum Gasteiger partial charge on any atom is 0.261 e. The van der Waals surface area contributed by atoms with Gasteiger partial charge in [-0.1, -0.05) is 6.92 Å². The van der Waals surface area contributed by atoms with Crippen LogP contribution in [0.15, 0.2) is 39.0 Å². The fourth-order valence-corrected chi connectivity index (χ4v) is 4.43. The lowest BCUT2D eigenvalue weighted by molar-refractivity contribution is 0.453. The van der Waals surface area contributed by atoms with Crippen molar-refractivity contribution in [3.63, 3.8) is 0 Å². The largest absolute Gasteiger partial charge is 0.493 e. The number of nitrogens with zero attached hydrogens (tertiary/aromatic N) is 2. The average molecular weight is 379 g/mol. The van der Waals surface area contributed by atoms with Crippen molar-refractivity contribution in [2.24, 2.45) is 0 Å². The number of thiophene rings is 1. The Morgan fingerprint density at radius 2 is 2.18 bits per heavy atom. The van der Waals surface area contributed by atoms with Crippen LogP contribution < -0.4 is 5.56 Å². The first-order chi connectivity index (χ1) is 10.6. The Balaban J connectivity index is 1.85. The summed E-state index contributed by atoms with van der Waals surface area (Å²) >= 11 is 5.43. The molecule has 0 aliphatic rings. The molecule has 0 bridgehead atoms. The summed E-state index contributed by atoms with van der Waals surface area (Å²) in [5, 5.41) is 11.6. The number of aryl methyl sites for hydroxylation is 3. The van der Waals surface area contributed by atoms with Crippen LogP contribution in [0.5, 0.6) is 5.88 Å². The van der Waals surface area contributed by atoms with Crippen LogP contribution in [0, 0.1) is 0 Å². The number of rotatable bonds is 4. The van der Waals surface area contributed by atoms with Crippen molar-refractivity contribution in [2.45, 2.75) is 26.2 Å². The van der Waals surface area contributed by atoms with Crippen molar-refractivity contribution in [2.75, 3.05) is 0 Å². The molecule has 0 spiro atoms. The number of halogens is 1. The Hall–Kier alpha value is -1.66. The van der Waals surface area contributed by atoms with Gasteiger partial charge in [0.05, 0.1) is 6.07 Å². The first kappa shape index (κ1) is 15.2. The molecular formula is C16H15BrN2O2S. The molecular weight excluding hydrogens is 364 g/mol. The number of fused-ring (bicyclic) bond motifs is 1. The number of aromatic nitrogens is 2. The molecule has 6 heteroatoms. The highest BCUT2D eigenvalue weighted by Crippen LogP contribution is 2.29. The molecule has 0 radical (unpaired) electrons. The highest BCUT2D eigenvalue weighted by atomic mass is 79.9. The molecule has 0 saturated carbocycles. The lowest BCUT2D eigenvalue weighted by Crippen LogP contribution is -2.13. The van der Waals surface area contributed by atoms with E-state index in [1.165, 1.54) is 19.3 Å². The molecule has 1 N–H and O–H groups in total. The molecule has 114 valence electrons. The zero-order valence-electron chi connectivity index (χ0n) is 12.0. The third-order valence-electron chi connectivity index (χ3n) is 3.61. The lowest BCUT2D eigenvalue weighted by Gasteiger charge is -2.05. The SMILES string of the molecule is CCc1csc(CCc2ccn3c(=O)cc(O)nc3c2)c1Br. The molecule has 3 rings (SSSR count). The highest BCUT2D eigenvalue weighted by Gasteiger charge is 2.08. The van der Waals surface area contributed by atoms with Gasteiger partial charge >= 0.3 is 0 Å². The van der Waals surface area contributed by atoms with Gasteiger partial charge in [0.2, 0.25) is 5.88 Å².